The van der Waals surface area contributed by atoms with E-state index in [1.807, 2.05) is 24.3 Å². The first-order valence-corrected chi connectivity index (χ1v) is 9.07. The van der Waals surface area contributed by atoms with E-state index in [1.54, 1.807) is 26.0 Å². The van der Waals surface area contributed by atoms with Crippen molar-refractivity contribution in [3.8, 4) is 0 Å². The van der Waals surface area contributed by atoms with Crippen molar-refractivity contribution in [2.24, 2.45) is 4.99 Å². The van der Waals surface area contributed by atoms with Crippen LogP contribution in [0.3, 0.4) is 0 Å². The Balaban J connectivity index is 1.73. The molecule has 0 unspecified atom stereocenters. The van der Waals surface area contributed by atoms with Gasteiger partial charge in [0, 0.05) is 46.3 Å². The van der Waals surface area contributed by atoms with Crippen LogP contribution in [0.2, 0.25) is 0 Å². The third-order valence-corrected chi connectivity index (χ3v) is 4.46. The summed E-state index contributed by atoms with van der Waals surface area (Å²) in [5.41, 5.74) is 1.83. The van der Waals surface area contributed by atoms with Gasteiger partial charge in [0.25, 0.3) is 5.91 Å². The average molecular weight is 345 g/mol. The monoisotopic (exact) mass is 345 g/mol. The van der Waals surface area contributed by atoms with Gasteiger partial charge in [-0.3, -0.25) is 9.79 Å². The van der Waals surface area contributed by atoms with Crippen LogP contribution in [0.1, 0.15) is 35.2 Å². The molecule has 1 aromatic carbocycles. The van der Waals surface area contributed by atoms with E-state index in [0.29, 0.717) is 12.1 Å². The Hall–Kier alpha value is -2.08. The van der Waals surface area contributed by atoms with Gasteiger partial charge < -0.3 is 20.4 Å². The zero-order valence-corrected chi connectivity index (χ0v) is 15.7. The van der Waals surface area contributed by atoms with Crippen molar-refractivity contribution in [2.75, 3.05) is 47.3 Å². The van der Waals surface area contributed by atoms with Crippen molar-refractivity contribution in [1.29, 1.82) is 0 Å². The number of nitrogens with zero attached hydrogens (tertiary/aromatic N) is 3. The van der Waals surface area contributed by atoms with E-state index >= 15 is 0 Å². The summed E-state index contributed by atoms with van der Waals surface area (Å²) in [6, 6.07) is 7.69. The number of benzene rings is 1. The predicted octanol–water partition coefficient (Wildman–Crippen LogP) is 1.54. The summed E-state index contributed by atoms with van der Waals surface area (Å²) in [5, 5.41) is 6.69. The second kappa shape index (κ2) is 10.0. The first-order chi connectivity index (χ1) is 12.1. The topological polar surface area (TPSA) is 60.0 Å². The fourth-order valence-corrected chi connectivity index (χ4v) is 2.95. The maximum Gasteiger partial charge on any atom is 0.253 e. The van der Waals surface area contributed by atoms with Crippen molar-refractivity contribution in [3.05, 3.63) is 35.4 Å². The van der Waals surface area contributed by atoms with Crippen LogP contribution in [0.15, 0.2) is 29.3 Å². The number of carbonyl (C=O) groups excluding carboxylic acids is 1. The molecule has 0 spiro atoms. The lowest BCUT2D eigenvalue weighted by Crippen LogP contribution is -2.42. The molecule has 0 aliphatic carbocycles. The number of hydrogen-bond acceptors (Lipinski definition) is 3. The highest BCUT2D eigenvalue weighted by atomic mass is 16.2. The molecule has 1 aliphatic rings. The van der Waals surface area contributed by atoms with Crippen molar-refractivity contribution >= 4 is 11.9 Å². The maximum atomic E-state index is 11.9. The number of nitrogens with one attached hydrogen (secondary N) is 2. The fraction of sp³-hybridized carbons (Fsp3) is 0.579. The number of carbonyl (C=O) groups is 1. The highest BCUT2D eigenvalue weighted by Gasteiger charge is 2.10. The molecule has 1 heterocycles. The molecular weight excluding hydrogens is 314 g/mol. The highest BCUT2D eigenvalue weighted by Crippen LogP contribution is 2.07. The zero-order chi connectivity index (χ0) is 18.1. The Kier molecular flexibility index (Phi) is 7.73. The Morgan fingerprint density at radius 1 is 1.12 bits per heavy atom. The standard InChI is InChI=1S/C19H31N5O/c1-20-19(21-11-14-24-12-5-4-6-13-24)22-15-16-7-9-17(10-8-16)18(25)23(2)3/h7-10H,4-6,11-15H2,1-3H3,(H2,20,21,22). The van der Waals surface area contributed by atoms with Gasteiger partial charge in [-0.2, -0.15) is 0 Å². The highest BCUT2D eigenvalue weighted by molar-refractivity contribution is 5.93. The molecule has 6 heteroatoms. The molecule has 138 valence electrons. The average Bonchev–Trinajstić information content (AvgIpc) is 2.65. The van der Waals surface area contributed by atoms with E-state index in [9.17, 15) is 4.79 Å². The summed E-state index contributed by atoms with van der Waals surface area (Å²) in [4.78, 5) is 20.3. The van der Waals surface area contributed by atoms with Crippen LogP contribution in [-0.2, 0) is 6.54 Å². The van der Waals surface area contributed by atoms with Crippen LogP contribution >= 0.6 is 0 Å². The van der Waals surface area contributed by atoms with Crippen LogP contribution in [0.4, 0.5) is 0 Å². The van der Waals surface area contributed by atoms with E-state index in [2.05, 4.69) is 20.5 Å². The van der Waals surface area contributed by atoms with Gasteiger partial charge in [0.05, 0.1) is 0 Å². The SMILES string of the molecule is CN=C(NCCN1CCCCC1)NCc1ccc(C(=O)N(C)C)cc1. The number of hydrogen-bond donors (Lipinski definition) is 2. The van der Waals surface area contributed by atoms with Crippen LogP contribution in [0.5, 0.6) is 0 Å². The van der Waals surface area contributed by atoms with Gasteiger partial charge in [0.2, 0.25) is 0 Å². The molecular formula is C19H31N5O. The Morgan fingerprint density at radius 2 is 1.80 bits per heavy atom. The molecule has 6 nitrogen and oxygen atoms in total. The van der Waals surface area contributed by atoms with Gasteiger partial charge in [-0.25, -0.2) is 0 Å². The smallest absolute Gasteiger partial charge is 0.253 e. The lowest BCUT2D eigenvalue weighted by molar-refractivity contribution is 0.0827. The summed E-state index contributed by atoms with van der Waals surface area (Å²) in [6.45, 7) is 5.06. The molecule has 1 amide bonds. The number of piperidine rings is 1. The van der Waals surface area contributed by atoms with Gasteiger partial charge in [-0.15, -0.1) is 0 Å². The van der Waals surface area contributed by atoms with E-state index in [4.69, 9.17) is 0 Å². The molecule has 1 aliphatic heterocycles. The zero-order valence-electron chi connectivity index (χ0n) is 15.7. The van der Waals surface area contributed by atoms with Gasteiger partial charge >= 0.3 is 0 Å². The summed E-state index contributed by atoms with van der Waals surface area (Å²) in [7, 11) is 5.31. The molecule has 0 saturated carbocycles. The van der Waals surface area contributed by atoms with Crippen LogP contribution in [0, 0.1) is 0 Å². The third-order valence-electron chi connectivity index (χ3n) is 4.46. The number of likely N-dealkylation sites (tertiary alicyclic amines) is 1. The first-order valence-electron chi connectivity index (χ1n) is 9.07. The van der Waals surface area contributed by atoms with Crippen molar-refractivity contribution in [1.82, 2.24) is 20.4 Å². The molecule has 2 N–H and O–H groups in total. The Morgan fingerprint density at radius 3 is 2.40 bits per heavy atom. The van der Waals surface area contributed by atoms with Crippen molar-refractivity contribution < 1.29 is 4.79 Å². The maximum absolute atomic E-state index is 11.9. The second-order valence-electron chi connectivity index (χ2n) is 6.65. The lowest BCUT2D eigenvalue weighted by atomic mass is 10.1. The van der Waals surface area contributed by atoms with Gasteiger partial charge in [0.15, 0.2) is 5.96 Å². The minimum atomic E-state index is 0.0229. The van der Waals surface area contributed by atoms with E-state index in [1.165, 1.54) is 32.4 Å². The summed E-state index contributed by atoms with van der Waals surface area (Å²) >= 11 is 0. The molecule has 0 atom stereocenters. The molecule has 1 fully saturated rings. The van der Waals surface area contributed by atoms with Crippen molar-refractivity contribution in [2.45, 2.75) is 25.8 Å². The quantitative estimate of drug-likeness (QED) is 0.606. The van der Waals surface area contributed by atoms with E-state index in [-0.39, 0.29) is 5.91 Å². The number of amides is 1. The molecule has 0 bridgehead atoms. The van der Waals surface area contributed by atoms with Crippen LogP contribution in [-0.4, -0.2) is 69.0 Å². The largest absolute Gasteiger partial charge is 0.355 e. The summed E-state index contributed by atoms with van der Waals surface area (Å²) in [5.74, 6) is 0.833. The lowest BCUT2D eigenvalue weighted by Gasteiger charge is -2.26. The minimum Gasteiger partial charge on any atom is -0.355 e. The van der Waals surface area contributed by atoms with Crippen LogP contribution < -0.4 is 10.6 Å². The molecule has 1 saturated heterocycles. The van der Waals surface area contributed by atoms with Crippen LogP contribution in [0.25, 0.3) is 0 Å². The van der Waals surface area contributed by atoms with Crippen molar-refractivity contribution in [3.63, 3.8) is 0 Å². The molecule has 0 radical (unpaired) electrons. The normalized spacial score (nSPS) is 15.7. The molecule has 1 aromatic rings. The second-order valence-corrected chi connectivity index (χ2v) is 6.65. The Labute approximate surface area is 151 Å². The predicted molar refractivity (Wildman–Crippen MR) is 103 cm³/mol. The molecule has 25 heavy (non-hydrogen) atoms. The number of guanidine groups is 1. The molecule has 0 aromatic heterocycles. The Bertz CT molecular complexity index is 562. The fourth-order valence-electron chi connectivity index (χ4n) is 2.95. The van der Waals surface area contributed by atoms with Gasteiger partial charge in [-0.05, 0) is 43.6 Å². The third kappa shape index (κ3) is 6.38. The summed E-state index contributed by atoms with van der Waals surface area (Å²) in [6.07, 6.45) is 4.00. The minimum absolute atomic E-state index is 0.0229. The first kappa shape index (κ1) is 19.2. The van der Waals surface area contributed by atoms with E-state index in [0.717, 1.165) is 24.6 Å². The van der Waals surface area contributed by atoms with Gasteiger partial charge in [0.1, 0.15) is 0 Å². The number of aliphatic imine (C=N–C) groups is 1. The summed E-state index contributed by atoms with van der Waals surface area (Å²) < 4.78 is 0. The number of rotatable bonds is 6. The molecule has 2 rings (SSSR count). The van der Waals surface area contributed by atoms with Gasteiger partial charge in [-0.1, -0.05) is 18.6 Å². The van der Waals surface area contributed by atoms with E-state index < -0.39 is 0 Å².